The van der Waals surface area contributed by atoms with Gasteiger partial charge in [-0.1, -0.05) is 29.3 Å². The zero-order valence-electron chi connectivity index (χ0n) is 19.6. The van der Waals surface area contributed by atoms with Gasteiger partial charge in [-0.15, -0.1) is 0 Å². The van der Waals surface area contributed by atoms with Crippen molar-refractivity contribution in [3.8, 4) is 0 Å². The Labute approximate surface area is 210 Å². The van der Waals surface area contributed by atoms with Crippen LogP contribution in [0.5, 0.6) is 0 Å². The molecule has 0 aromatic heterocycles. The Bertz CT molecular complexity index is 922. The van der Waals surface area contributed by atoms with Crippen molar-refractivity contribution in [2.24, 2.45) is 5.92 Å². The number of fused-ring (bicyclic) bond motifs is 1. The topological polar surface area (TPSA) is 85.0 Å². The van der Waals surface area contributed by atoms with Gasteiger partial charge in [0.1, 0.15) is 6.54 Å². The van der Waals surface area contributed by atoms with Gasteiger partial charge in [0.15, 0.2) is 0 Å². The van der Waals surface area contributed by atoms with Crippen molar-refractivity contribution in [2.75, 3.05) is 45.9 Å². The second kappa shape index (κ2) is 11.2. The predicted octanol–water partition coefficient (Wildman–Crippen LogP) is 1.74. The molecular weight excluding hydrogens is 477 g/mol. The summed E-state index contributed by atoms with van der Waals surface area (Å²) in [5.41, 5.74) is 0.991. The van der Waals surface area contributed by atoms with E-state index in [2.05, 4.69) is 15.5 Å². The van der Waals surface area contributed by atoms with Gasteiger partial charge in [-0.3, -0.25) is 24.6 Å². The third-order valence-corrected chi connectivity index (χ3v) is 8.07. The zero-order valence-corrected chi connectivity index (χ0v) is 21.1. The molecule has 3 aliphatic rings. The lowest BCUT2D eigenvalue weighted by atomic mass is 9.79. The van der Waals surface area contributed by atoms with Crippen molar-refractivity contribution < 1.29 is 14.4 Å². The Kier molecular flexibility index (Phi) is 8.34. The number of amides is 3. The van der Waals surface area contributed by atoms with E-state index in [-0.39, 0.29) is 36.2 Å². The van der Waals surface area contributed by atoms with Crippen LogP contribution in [0, 0.1) is 5.92 Å². The molecule has 1 saturated carbocycles. The fourth-order valence-electron chi connectivity index (χ4n) is 5.34. The average molecular weight is 510 g/mol. The molecule has 3 fully saturated rings. The van der Waals surface area contributed by atoms with Gasteiger partial charge in [-0.25, -0.2) is 0 Å². The first-order chi connectivity index (χ1) is 16.3. The molecule has 0 bridgehead atoms. The van der Waals surface area contributed by atoms with Crippen LogP contribution in [0.4, 0.5) is 0 Å². The number of halogens is 2. The number of benzene rings is 1. The van der Waals surface area contributed by atoms with E-state index in [1.54, 1.807) is 24.0 Å². The molecule has 4 rings (SSSR count). The summed E-state index contributed by atoms with van der Waals surface area (Å²) in [6.45, 7) is 5.75. The Morgan fingerprint density at radius 1 is 1.12 bits per heavy atom. The summed E-state index contributed by atoms with van der Waals surface area (Å²) in [5.74, 6) is -0.0833. The maximum Gasteiger partial charge on any atom is 0.239 e. The number of nitrogens with zero attached hydrogens (tertiary/aromatic N) is 3. The smallest absolute Gasteiger partial charge is 0.239 e. The summed E-state index contributed by atoms with van der Waals surface area (Å²) in [7, 11) is 0. The molecule has 3 unspecified atom stereocenters. The molecular formula is C24H33Cl2N5O3. The van der Waals surface area contributed by atoms with Crippen LogP contribution in [0.1, 0.15) is 31.7 Å². The van der Waals surface area contributed by atoms with E-state index in [0.29, 0.717) is 35.7 Å². The molecule has 1 aromatic carbocycles. The van der Waals surface area contributed by atoms with Crippen LogP contribution in [0.3, 0.4) is 0 Å². The first kappa shape index (κ1) is 25.2. The molecule has 2 aliphatic heterocycles. The normalized spacial score (nSPS) is 25.7. The van der Waals surface area contributed by atoms with E-state index < -0.39 is 0 Å². The number of nitrogens with one attached hydrogen (secondary N) is 2. The Hall–Kier alpha value is -1.87. The minimum absolute atomic E-state index is 0.0539. The summed E-state index contributed by atoms with van der Waals surface area (Å²) in [6.07, 6.45) is 3.44. The van der Waals surface area contributed by atoms with Gasteiger partial charge in [0.05, 0.1) is 22.6 Å². The summed E-state index contributed by atoms with van der Waals surface area (Å²) in [6, 6.07) is 5.96. The van der Waals surface area contributed by atoms with Crippen molar-refractivity contribution in [3.05, 3.63) is 33.8 Å². The molecule has 2 N–H and O–H groups in total. The fraction of sp³-hybridized carbons (Fsp3) is 0.625. The lowest BCUT2D eigenvalue weighted by Gasteiger charge is -2.47. The fourth-order valence-corrected chi connectivity index (χ4v) is 5.66. The van der Waals surface area contributed by atoms with Crippen molar-refractivity contribution in [1.82, 2.24) is 25.3 Å². The molecule has 0 spiro atoms. The van der Waals surface area contributed by atoms with Crippen LogP contribution in [0.15, 0.2) is 18.2 Å². The highest BCUT2D eigenvalue weighted by Crippen LogP contribution is 2.32. The summed E-state index contributed by atoms with van der Waals surface area (Å²) < 4.78 is 0. The minimum Gasteiger partial charge on any atom is -0.354 e. The first-order valence-corrected chi connectivity index (χ1v) is 12.8. The number of carbonyl (C=O) groups excluding carboxylic acids is 3. The number of hydrogen-bond acceptors (Lipinski definition) is 5. The van der Waals surface area contributed by atoms with Crippen LogP contribution >= 0.6 is 23.2 Å². The third kappa shape index (κ3) is 6.03. The maximum atomic E-state index is 13.2. The highest BCUT2D eigenvalue weighted by atomic mass is 35.5. The largest absolute Gasteiger partial charge is 0.354 e. The van der Waals surface area contributed by atoms with Crippen LogP contribution < -0.4 is 10.6 Å². The maximum absolute atomic E-state index is 13.2. The van der Waals surface area contributed by atoms with Crippen molar-refractivity contribution in [1.29, 1.82) is 0 Å². The van der Waals surface area contributed by atoms with Crippen molar-refractivity contribution in [2.45, 2.75) is 44.7 Å². The zero-order chi connectivity index (χ0) is 24.2. The molecule has 1 aliphatic carbocycles. The lowest BCUT2D eigenvalue weighted by molar-refractivity contribution is -0.146. The van der Waals surface area contributed by atoms with E-state index in [1.165, 1.54) is 0 Å². The molecule has 8 nitrogen and oxygen atoms in total. The molecule has 2 heterocycles. The van der Waals surface area contributed by atoms with Crippen molar-refractivity contribution >= 4 is 40.9 Å². The van der Waals surface area contributed by atoms with Gasteiger partial charge in [-0.2, -0.15) is 0 Å². The van der Waals surface area contributed by atoms with Crippen LogP contribution in [0.2, 0.25) is 10.0 Å². The summed E-state index contributed by atoms with van der Waals surface area (Å²) >= 11 is 12.0. The number of piperazine rings is 1. The van der Waals surface area contributed by atoms with Crippen LogP contribution in [0.25, 0.3) is 0 Å². The second-order valence-electron chi connectivity index (χ2n) is 9.47. The van der Waals surface area contributed by atoms with Crippen LogP contribution in [-0.4, -0.2) is 90.4 Å². The Balaban J connectivity index is 1.24. The average Bonchev–Trinajstić information content (AvgIpc) is 2.83. The SMILES string of the molecule is CC(=O)N1CCN(C2CCC3NCN(CC(=O)NCCc4ccc(Cl)c(Cl)c4)C(=O)C3C2)CC1. The van der Waals surface area contributed by atoms with Gasteiger partial charge in [0, 0.05) is 51.7 Å². The lowest BCUT2D eigenvalue weighted by Crippen LogP contribution is -2.62. The van der Waals surface area contributed by atoms with Gasteiger partial charge < -0.3 is 15.1 Å². The highest BCUT2D eigenvalue weighted by molar-refractivity contribution is 6.42. The monoisotopic (exact) mass is 509 g/mol. The summed E-state index contributed by atoms with van der Waals surface area (Å²) in [4.78, 5) is 43.3. The van der Waals surface area contributed by atoms with E-state index in [1.807, 2.05) is 11.0 Å². The highest BCUT2D eigenvalue weighted by Gasteiger charge is 2.42. The predicted molar refractivity (Wildman–Crippen MR) is 132 cm³/mol. The summed E-state index contributed by atoms with van der Waals surface area (Å²) in [5, 5.41) is 7.38. The quantitative estimate of drug-likeness (QED) is 0.610. The number of hydrogen-bond donors (Lipinski definition) is 2. The Morgan fingerprint density at radius 3 is 2.59 bits per heavy atom. The van der Waals surface area contributed by atoms with E-state index in [4.69, 9.17) is 23.2 Å². The second-order valence-corrected chi connectivity index (χ2v) is 10.3. The first-order valence-electron chi connectivity index (χ1n) is 12.0. The van der Waals surface area contributed by atoms with Crippen molar-refractivity contribution in [3.63, 3.8) is 0 Å². The Morgan fingerprint density at radius 2 is 1.88 bits per heavy atom. The van der Waals surface area contributed by atoms with Gasteiger partial charge in [0.25, 0.3) is 0 Å². The van der Waals surface area contributed by atoms with E-state index in [9.17, 15) is 14.4 Å². The van der Waals surface area contributed by atoms with E-state index >= 15 is 0 Å². The standard InChI is InChI=1S/C24H33Cl2N5O3/c1-16(32)29-8-10-30(11-9-29)18-3-5-22-19(13-18)24(34)31(15-28-22)14-23(33)27-7-6-17-2-4-20(25)21(26)12-17/h2,4,12,18-19,22,28H,3,5-11,13-15H2,1H3,(H,27,33). The van der Waals surface area contributed by atoms with E-state index in [0.717, 1.165) is 51.0 Å². The van der Waals surface area contributed by atoms with Gasteiger partial charge in [0.2, 0.25) is 17.7 Å². The molecule has 3 amide bonds. The molecule has 3 atom stereocenters. The minimum atomic E-state index is -0.165. The molecule has 0 radical (unpaired) electrons. The van der Waals surface area contributed by atoms with Crippen LogP contribution in [-0.2, 0) is 20.8 Å². The molecule has 186 valence electrons. The molecule has 2 saturated heterocycles. The molecule has 10 heteroatoms. The molecule has 1 aromatic rings. The van der Waals surface area contributed by atoms with Gasteiger partial charge in [-0.05, 0) is 43.4 Å². The number of rotatable bonds is 6. The molecule has 34 heavy (non-hydrogen) atoms. The van der Waals surface area contributed by atoms with Gasteiger partial charge >= 0.3 is 0 Å². The number of carbonyl (C=O) groups is 3. The third-order valence-electron chi connectivity index (χ3n) is 7.33.